The zero-order valence-electron chi connectivity index (χ0n) is 12.2. The van der Waals surface area contributed by atoms with E-state index in [0.717, 1.165) is 24.5 Å². The van der Waals surface area contributed by atoms with Crippen molar-refractivity contribution in [1.82, 2.24) is 9.88 Å². The molecule has 1 aliphatic rings. The highest BCUT2D eigenvalue weighted by molar-refractivity contribution is 7.99. The zero-order valence-corrected chi connectivity index (χ0v) is 13.9. The van der Waals surface area contributed by atoms with E-state index in [0.29, 0.717) is 5.56 Å². The number of carbonyl (C=O) groups excluding carboxylic acids is 1. The Kier molecular flexibility index (Phi) is 5.48. The summed E-state index contributed by atoms with van der Waals surface area (Å²) in [6.45, 7) is 3.53. The van der Waals surface area contributed by atoms with Crippen LogP contribution in [0, 0.1) is 0 Å². The van der Waals surface area contributed by atoms with Gasteiger partial charge in [0.25, 0.3) is 0 Å². The molecule has 22 heavy (non-hydrogen) atoms. The summed E-state index contributed by atoms with van der Waals surface area (Å²) >= 11 is 3.50. The van der Waals surface area contributed by atoms with Crippen LogP contribution in [0.5, 0.6) is 0 Å². The van der Waals surface area contributed by atoms with Gasteiger partial charge in [0.15, 0.2) is 0 Å². The van der Waals surface area contributed by atoms with Crippen LogP contribution >= 0.6 is 23.1 Å². The molecule has 0 aliphatic carbocycles. The third-order valence-electron chi connectivity index (χ3n) is 3.53. The van der Waals surface area contributed by atoms with E-state index < -0.39 is 0 Å². The lowest BCUT2D eigenvalue weighted by atomic mass is 10.1. The molecule has 0 saturated carbocycles. The first-order chi connectivity index (χ1) is 10.8. The van der Waals surface area contributed by atoms with Gasteiger partial charge in [-0.3, -0.25) is 9.88 Å². The van der Waals surface area contributed by atoms with Gasteiger partial charge in [-0.15, -0.1) is 11.3 Å². The van der Waals surface area contributed by atoms with Gasteiger partial charge in [0, 0.05) is 37.3 Å². The molecule has 0 bridgehead atoms. The lowest BCUT2D eigenvalue weighted by Crippen LogP contribution is -2.31. The van der Waals surface area contributed by atoms with E-state index in [1.54, 1.807) is 11.7 Å². The van der Waals surface area contributed by atoms with Gasteiger partial charge in [0.1, 0.15) is 6.61 Å². The quantitative estimate of drug-likeness (QED) is 0.786. The van der Waals surface area contributed by atoms with Crippen molar-refractivity contribution in [3.8, 4) is 0 Å². The predicted octanol–water partition coefficient (Wildman–Crippen LogP) is 3.05. The van der Waals surface area contributed by atoms with Crippen LogP contribution in [0.2, 0.25) is 0 Å². The zero-order chi connectivity index (χ0) is 15.2. The summed E-state index contributed by atoms with van der Waals surface area (Å²) in [5.41, 5.74) is 3.57. The molecule has 4 nitrogen and oxygen atoms in total. The van der Waals surface area contributed by atoms with Crippen LogP contribution in [0.1, 0.15) is 20.8 Å². The predicted molar refractivity (Wildman–Crippen MR) is 90.3 cm³/mol. The second-order valence-electron chi connectivity index (χ2n) is 5.13. The van der Waals surface area contributed by atoms with Crippen molar-refractivity contribution in [2.45, 2.75) is 13.2 Å². The van der Waals surface area contributed by atoms with E-state index in [9.17, 15) is 4.79 Å². The van der Waals surface area contributed by atoms with Crippen molar-refractivity contribution < 1.29 is 9.53 Å². The smallest absolute Gasteiger partial charge is 0.338 e. The molecule has 0 N–H and O–H groups in total. The van der Waals surface area contributed by atoms with Gasteiger partial charge >= 0.3 is 5.97 Å². The maximum absolute atomic E-state index is 12.0. The molecule has 0 amide bonds. The number of benzene rings is 1. The first-order valence-electron chi connectivity index (χ1n) is 7.25. The van der Waals surface area contributed by atoms with E-state index in [1.165, 1.54) is 28.4 Å². The van der Waals surface area contributed by atoms with Crippen LogP contribution in [0.3, 0.4) is 0 Å². The molecule has 0 unspecified atom stereocenters. The molecule has 1 aromatic heterocycles. The summed E-state index contributed by atoms with van der Waals surface area (Å²) in [6, 6.07) is 7.74. The lowest BCUT2D eigenvalue weighted by molar-refractivity contribution is 0.0476. The molecule has 1 aromatic carbocycles. The van der Waals surface area contributed by atoms with Gasteiger partial charge in [-0.05, 0) is 17.7 Å². The fraction of sp³-hybridized carbons (Fsp3) is 0.375. The minimum Gasteiger partial charge on any atom is -0.456 e. The maximum Gasteiger partial charge on any atom is 0.338 e. The Morgan fingerprint density at radius 1 is 1.23 bits per heavy atom. The molecule has 1 fully saturated rings. The second kappa shape index (κ2) is 7.76. The van der Waals surface area contributed by atoms with Gasteiger partial charge in [0.2, 0.25) is 0 Å². The minimum atomic E-state index is -0.283. The SMILES string of the molecule is O=C(OCc1cncs1)c1ccc(CN2CCSCC2)cc1. The van der Waals surface area contributed by atoms with Gasteiger partial charge in [-0.1, -0.05) is 12.1 Å². The van der Waals surface area contributed by atoms with Crippen molar-refractivity contribution in [2.24, 2.45) is 0 Å². The Morgan fingerprint density at radius 3 is 2.68 bits per heavy atom. The second-order valence-corrected chi connectivity index (χ2v) is 7.32. The van der Waals surface area contributed by atoms with E-state index >= 15 is 0 Å². The summed E-state index contributed by atoms with van der Waals surface area (Å²) in [7, 11) is 0. The Bertz CT molecular complexity index is 593. The molecule has 6 heteroatoms. The summed E-state index contributed by atoms with van der Waals surface area (Å²) in [4.78, 5) is 19.4. The average molecular weight is 334 g/mol. The van der Waals surface area contributed by atoms with E-state index in [2.05, 4.69) is 9.88 Å². The third kappa shape index (κ3) is 4.32. The van der Waals surface area contributed by atoms with Crippen LogP contribution in [0.25, 0.3) is 0 Å². The molecule has 2 aromatic rings. The molecular formula is C16H18N2O2S2. The number of rotatable bonds is 5. The highest BCUT2D eigenvalue weighted by atomic mass is 32.2. The van der Waals surface area contributed by atoms with Gasteiger partial charge in [-0.2, -0.15) is 11.8 Å². The third-order valence-corrected chi connectivity index (χ3v) is 5.22. The monoisotopic (exact) mass is 334 g/mol. The van der Waals surface area contributed by atoms with Crippen LogP contribution in [-0.2, 0) is 17.9 Å². The highest BCUT2D eigenvalue weighted by Gasteiger charge is 2.12. The topological polar surface area (TPSA) is 42.4 Å². The summed E-state index contributed by atoms with van der Waals surface area (Å²) < 4.78 is 5.28. The molecule has 0 spiro atoms. The van der Waals surface area contributed by atoms with Crippen molar-refractivity contribution in [3.63, 3.8) is 0 Å². The normalized spacial score (nSPS) is 15.6. The minimum absolute atomic E-state index is 0.283. The van der Waals surface area contributed by atoms with Gasteiger partial charge in [0.05, 0.1) is 16.0 Å². The number of aromatic nitrogens is 1. The molecule has 0 radical (unpaired) electrons. The molecule has 116 valence electrons. The summed E-state index contributed by atoms with van der Waals surface area (Å²) in [6.07, 6.45) is 1.72. The molecule has 1 aliphatic heterocycles. The Morgan fingerprint density at radius 2 is 2.00 bits per heavy atom. The number of esters is 1. The number of ether oxygens (including phenoxy) is 1. The first-order valence-corrected chi connectivity index (χ1v) is 9.28. The lowest BCUT2D eigenvalue weighted by Gasteiger charge is -2.26. The van der Waals surface area contributed by atoms with Crippen molar-refractivity contribution in [2.75, 3.05) is 24.6 Å². The highest BCUT2D eigenvalue weighted by Crippen LogP contribution is 2.14. The largest absolute Gasteiger partial charge is 0.456 e. The molecule has 2 heterocycles. The number of carbonyl (C=O) groups is 1. The maximum atomic E-state index is 12.0. The number of hydrogen-bond acceptors (Lipinski definition) is 6. The molecule has 1 saturated heterocycles. The van der Waals surface area contributed by atoms with Crippen molar-refractivity contribution >= 4 is 29.1 Å². The number of thioether (sulfide) groups is 1. The number of hydrogen-bond donors (Lipinski definition) is 0. The van der Waals surface area contributed by atoms with E-state index in [-0.39, 0.29) is 12.6 Å². The van der Waals surface area contributed by atoms with Crippen LogP contribution in [0.15, 0.2) is 36.0 Å². The average Bonchev–Trinajstić information content (AvgIpc) is 3.08. The fourth-order valence-electron chi connectivity index (χ4n) is 2.30. The van der Waals surface area contributed by atoms with Crippen LogP contribution in [0.4, 0.5) is 0 Å². The molecular weight excluding hydrogens is 316 g/mol. The first kappa shape index (κ1) is 15.5. The van der Waals surface area contributed by atoms with Crippen molar-refractivity contribution in [1.29, 1.82) is 0 Å². The Balaban J connectivity index is 1.52. The molecule has 0 atom stereocenters. The van der Waals surface area contributed by atoms with E-state index in [4.69, 9.17) is 4.74 Å². The standard InChI is InChI=1S/C16H18N2O2S2/c19-16(20-11-15-9-17-12-22-15)14-3-1-13(2-4-14)10-18-5-7-21-8-6-18/h1-4,9,12H,5-8,10-11H2. The number of nitrogens with zero attached hydrogens (tertiary/aromatic N) is 2. The van der Waals surface area contributed by atoms with Gasteiger partial charge < -0.3 is 4.74 Å². The van der Waals surface area contributed by atoms with Crippen LogP contribution in [-0.4, -0.2) is 40.4 Å². The van der Waals surface area contributed by atoms with Gasteiger partial charge in [-0.25, -0.2) is 4.79 Å². The Labute approximate surface area is 138 Å². The van der Waals surface area contributed by atoms with E-state index in [1.807, 2.05) is 36.0 Å². The Hall–Kier alpha value is -1.37. The van der Waals surface area contributed by atoms with Crippen molar-refractivity contribution in [3.05, 3.63) is 52.0 Å². The van der Waals surface area contributed by atoms with Crippen LogP contribution < -0.4 is 0 Å². The summed E-state index contributed by atoms with van der Waals surface area (Å²) in [5, 5.41) is 0. The number of thiazole rings is 1. The molecule has 3 rings (SSSR count). The fourth-order valence-corrected chi connectivity index (χ4v) is 3.78. The summed E-state index contributed by atoms with van der Waals surface area (Å²) in [5.74, 6) is 2.14.